The Labute approximate surface area is 187 Å². The zero-order chi connectivity index (χ0) is 22.6. The number of hydrogen-bond donors (Lipinski definition) is 2. The molecule has 3 aromatic rings. The van der Waals surface area contributed by atoms with Crippen molar-refractivity contribution in [2.75, 3.05) is 12.8 Å². The van der Waals surface area contributed by atoms with E-state index in [4.69, 9.17) is 26.1 Å². The molecule has 0 unspecified atom stereocenters. The van der Waals surface area contributed by atoms with Gasteiger partial charge in [0.1, 0.15) is 11.5 Å². The maximum Gasteiger partial charge on any atom is 0.325 e. The lowest BCUT2D eigenvalue weighted by molar-refractivity contribution is -0.116. The number of rotatable bonds is 10. The van der Waals surface area contributed by atoms with Crippen LogP contribution in [-0.2, 0) is 28.7 Å². The van der Waals surface area contributed by atoms with Crippen LogP contribution in [-0.4, -0.2) is 32.9 Å². The predicted octanol–water partition coefficient (Wildman–Crippen LogP) is 4.98. The first-order valence-electron chi connectivity index (χ1n) is 10.2. The lowest BCUT2D eigenvalue weighted by Gasteiger charge is -2.11. The highest BCUT2D eigenvalue weighted by molar-refractivity contribution is 7.51. The van der Waals surface area contributed by atoms with E-state index in [9.17, 15) is 9.36 Å². The molecule has 1 aromatic heterocycles. The standard InChI is InChI=1S/C23H27ClNO5P/c1-3-22-20(12-16(2)26)21-14-19(30-10-5-11-31(27,28)29)8-9-23(21)25(22)15-17-6-4-7-18(24)13-17/h4,6-9,13-14H,3,5,10-12,15H2,1-2H3,(H2,27,28,29). The number of carbonyl (C=O) groups excluding carboxylic acids is 1. The minimum Gasteiger partial charge on any atom is -0.494 e. The van der Waals surface area contributed by atoms with Crippen LogP contribution in [0.3, 0.4) is 0 Å². The molecule has 0 aliphatic rings. The molecule has 1 heterocycles. The molecule has 0 radical (unpaired) electrons. The average Bonchev–Trinajstić information content (AvgIpc) is 2.96. The molecule has 6 nitrogen and oxygen atoms in total. The van der Waals surface area contributed by atoms with Crippen molar-refractivity contribution in [3.05, 3.63) is 64.3 Å². The summed E-state index contributed by atoms with van der Waals surface area (Å²) >= 11 is 6.17. The molecular weight excluding hydrogens is 437 g/mol. The van der Waals surface area contributed by atoms with Crippen molar-refractivity contribution in [1.82, 2.24) is 4.57 Å². The van der Waals surface area contributed by atoms with E-state index in [1.54, 1.807) is 6.92 Å². The van der Waals surface area contributed by atoms with Gasteiger partial charge in [0, 0.05) is 34.6 Å². The topological polar surface area (TPSA) is 88.8 Å². The van der Waals surface area contributed by atoms with Crippen LogP contribution in [0.2, 0.25) is 5.02 Å². The van der Waals surface area contributed by atoms with Gasteiger partial charge in [-0.15, -0.1) is 0 Å². The third-order valence-corrected chi connectivity index (χ3v) is 6.24. The number of halogens is 1. The molecular formula is C23H27ClNO5P. The van der Waals surface area contributed by atoms with Crippen molar-refractivity contribution >= 4 is 35.9 Å². The minimum absolute atomic E-state index is 0.0875. The summed E-state index contributed by atoms with van der Waals surface area (Å²) in [6.07, 6.45) is 1.17. The van der Waals surface area contributed by atoms with Gasteiger partial charge in [0.05, 0.1) is 12.8 Å². The second-order valence-corrected chi connectivity index (χ2v) is 9.86. The molecule has 2 N–H and O–H groups in total. The maximum absolute atomic E-state index is 12.0. The highest BCUT2D eigenvalue weighted by Gasteiger charge is 2.18. The lowest BCUT2D eigenvalue weighted by Crippen LogP contribution is -2.06. The van der Waals surface area contributed by atoms with Gasteiger partial charge < -0.3 is 19.1 Å². The van der Waals surface area contributed by atoms with E-state index in [2.05, 4.69) is 11.5 Å². The maximum atomic E-state index is 12.0. The van der Waals surface area contributed by atoms with E-state index < -0.39 is 7.60 Å². The van der Waals surface area contributed by atoms with Crippen LogP contribution in [0.25, 0.3) is 10.9 Å². The van der Waals surface area contributed by atoms with Gasteiger partial charge in [-0.2, -0.15) is 0 Å². The summed E-state index contributed by atoms with van der Waals surface area (Å²) in [5, 5.41) is 1.64. The molecule has 166 valence electrons. The van der Waals surface area contributed by atoms with Gasteiger partial charge in [-0.05, 0) is 61.2 Å². The zero-order valence-corrected chi connectivity index (χ0v) is 19.3. The van der Waals surface area contributed by atoms with Crippen molar-refractivity contribution < 1.29 is 23.9 Å². The number of carbonyl (C=O) groups is 1. The van der Waals surface area contributed by atoms with Crippen molar-refractivity contribution in [2.24, 2.45) is 0 Å². The number of fused-ring (bicyclic) bond motifs is 1. The lowest BCUT2D eigenvalue weighted by atomic mass is 10.0. The molecule has 0 bridgehead atoms. The van der Waals surface area contributed by atoms with Crippen molar-refractivity contribution in [1.29, 1.82) is 0 Å². The fourth-order valence-electron chi connectivity index (χ4n) is 3.86. The Bertz CT molecular complexity index is 1130. The quantitative estimate of drug-likeness (QED) is 0.327. The molecule has 31 heavy (non-hydrogen) atoms. The number of aromatic nitrogens is 1. The van der Waals surface area contributed by atoms with Gasteiger partial charge in [-0.3, -0.25) is 9.36 Å². The molecule has 0 aliphatic carbocycles. The molecule has 2 aromatic carbocycles. The molecule has 0 saturated carbocycles. The summed E-state index contributed by atoms with van der Waals surface area (Å²) in [7, 11) is -4.02. The SMILES string of the molecule is CCc1c(CC(C)=O)c2cc(OCCCP(=O)(O)O)ccc2n1Cc1cccc(Cl)c1. The van der Waals surface area contributed by atoms with Crippen molar-refractivity contribution in [3.8, 4) is 5.75 Å². The Morgan fingerprint density at radius 2 is 1.97 bits per heavy atom. The van der Waals surface area contributed by atoms with E-state index in [1.807, 2.05) is 42.5 Å². The number of hydrogen-bond acceptors (Lipinski definition) is 3. The summed E-state index contributed by atoms with van der Waals surface area (Å²) in [5.41, 5.74) is 4.18. The molecule has 0 atom stereocenters. The second-order valence-electron chi connectivity index (χ2n) is 7.64. The fourth-order valence-corrected chi connectivity index (χ4v) is 4.61. The molecule has 0 fully saturated rings. The first-order chi connectivity index (χ1) is 14.7. The van der Waals surface area contributed by atoms with E-state index in [1.165, 1.54) is 0 Å². The fraction of sp³-hybridized carbons (Fsp3) is 0.348. The number of Topliss-reactive ketones (excluding diaryl/α,β-unsaturated/α-hetero) is 1. The average molecular weight is 464 g/mol. The highest BCUT2D eigenvalue weighted by Crippen LogP contribution is 2.35. The summed E-state index contributed by atoms with van der Waals surface area (Å²) in [5.74, 6) is 0.704. The minimum atomic E-state index is -4.02. The van der Waals surface area contributed by atoms with Gasteiger partial charge in [0.2, 0.25) is 0 Å². The molecule has 0 amide bonds. The van der Waals surface area contributed by atoms with Crippen LogP contribution in [0.15, 0.2) is 42.5 Å². The predicted molar refractivity (Wildman–Crippen MR) is 123 cm³/mol. The number of nitrogens with zero attached hydrogens (tertiary/aromatic N) is 1. The Kier molecular flexibility index (Phi) is 7.60. The Morgan fingerprint density at radius 1 is 1.19 bits per heavy atom. The summed E-state index contributed by atoms with van der Waals surface area (Å²) in [4.78, 5) is 30.0. The van der Waals surface area contributed by atoms with Crippen molar-refractivity contribution in [2.45, 2.75) is 39.7 Å². The van der Waals surface area contributed by atoms with Gasteiger partial charge >= 0.3 is 7.60 Å². The van der Waals surface area contributed by atoms with Crippen LogP contribution in [0.5, 0.6) is 5.75 Å². The van der Waals surface area contributed by atoms with Crippen LogP contribution < -0.4 is 4.74 Å². The molecule has 0 saturated heterocycles. The van der Waals surface area contributed by atoms with Crippen LogP contribution >= 0.6 is 19.2 Å². The second kappa shape index (κ2) is 10.0. The van der Waals surface area contributed by atoms with Gasteiger partial charge in [-0.25, -0.2) is 0 Å². The zero-order valence-electron chi connectivity index (χ0n) is 17.7. The normalized spacial score (nSPS) is 11.8. The molecule has 8 heteroatoms. The first-order valence-corrected chi connectivity index (χ1v) is 12.4. The van der Waals surface area contributed by atoms with Gasteiger partial charge in [0.25, 0.3) is 0 Å². The van der Waals surface area contributed by atoms with Gasteiger partial charge in [-0.1, -0.05) is 30.7 Å². The third kappa shape index (κ3) is 6.20. The molecule has 3 rings (SSSR count). The summed E-state index contributed by atoms with van der Waals surface area (Å²) < 4.78 is 19.0. The Morgan fingerprint density at radius 3 is 2.61 bits per heavy atom. The number of benzene rings is 2. The smallest absolute Gasteiger partial charge is 0.325 e. The largest absolute Gasteiger partial charge is 0.494 e. The number of ketones is 1. The Balaban J connectivity index is 1.97. The van der Waals surface area contributed by atoms with Crippen LogP contribution in [0.4, 0.5) is 0 Å². The van der Waals surface area contributed by atoms with E-state index >= 15 is 0 Å². The summed E-state index contributed by atoms with van der Waals surface area (Å²) in [6.45, 7) is 4.51. The highest BCUT2D eigenvalue weighted by atomic mass is 35.5. The first kappa shape index (κ1) is 23.6. The van der Waals surface area contributed by atoms with Crippen LogP contribution in [0.1, 0.15) is 37.1 Å². The Hall–Kier alpha value is -2.11. The third-order valence-electron chi connectivity index (χ3n) is 5.11. The van der Waals surface area contributed by atoms with Gasteiger partial charge in [0.15, 0.2) is 0 Å². The number of ether oxygens (including phenoxy) is 1. The van der Waals surface area contributed by atoms with E-state index in [-0.39, 0.29) is 25.0 Å². The van der Waals surface area contributed by atoms with Crippen molar-refractivity contribution in [3.63, 3.8) is 0 Å². The van der Waals surface area contributed by atoms with Crippen LogP contribution in [0, 0.1) is 0 Å². The molecule has 0 aliphatic heterocycles. The summed E-state index contributed by atoms with van der Waals surface area (Å²) in [6, 6.07) is 13.5. The monoisotopic (exact) mass is 463 g/mol. The van der Waals surface area contributed by atoms with E-state index in [0.29, 0.717) is 23.7 Å². The van der Waals surface area contributed by atoms with E-state index in [0.717, 1.165) is 34.1 Å². The molecule has 0 spiro atoms.